The number of nitrogens with one attached hydrogen (secondary N) is 1. The molecule has 0 spiro atoms. The van der Waals surface area contributed by atoms with Crippen LogP contribution in [0.25, 0.3) is 0 Å². The molecule has 0 amide bonds. The highest BCUT2D eigenvalue weighted by Gasteiger charge is 2.31. The van der Waals surface area contributed by atoms with Gasteiger partial charge in [-0.15, -0.1) is 0 Å². The number of carboxylic acid groups (broad SMARTS) is 1. The zero-order valence-electron chi connectivity index (χ0n) is 7.37. The summed E-state index contributed by atoms with van der Waals surface area (Å²) >= 11 is 3.29. The van der Waals surface area contributed by atoms with E-state index in [1.807, 2.05) is 6.07 Å². The number of carbonyl (C=O) groups is 1. The van der Waals surface area contributed by atoms with Crippen molar-refractivity contribution in [2.24, 2.45) is 0 Å². The minimum Gasteiger partial charge on any atom is -0.480 e. The van der Waals surface area contributed by atoms with Gasteiger partial charge in [-0.3, -0.25) is 10.1 Å². The fourth-order valence-electron chi connectivity index (χ4n) is 1.67. The third-order valence-corrected chi connectivity index (χ3v) is 2.79. The molecule has 1 aromatic heterocycles. The van der Waals surface area contributed by atoms with Gasteiger partial charge in [-0.1, -0.05) is 0 Å². The summed E-state index contributed by atoms with van der Waals surface area (Å²) in [5.41, 5.74) is 0. The molecule has 0 unspecified atom stereocenters. The van der Waals surface area contributed by atoms with Gasteiger partial charge in [-0.05, 0) is 34.8 Å². The van der Waals surface area contributed by atoms with E-state index in [2.05, 4.69) is 21.2 Å². The van der Waals surface area contributed by atoms with E-state index in [1.54, 1.807) is 6.26 Å². The van der Waals surface area contributed by atoms with Crippen molar-refractivity contribution < 1.29 is 14.3 Å². The van der Waals surface area contributed by atoms with Gasteiger partial charge in [0.05, 0.1) is 10.5 Å². The molecule has 1 aromatic rings. The van der Waals surface area contributed by atoms with Crippen LogP contribution in [0.4, 0.5) is 0 Å². The largest absolute Gasteiger partial charge is 0.480 e. The number of aliphatic carboxylic acids is 1. The molecule has 2 N–H and O–H groups in total. The van der Waals surface area contributed by atoms with Crippen LogP contribution in [0.5, 0.6) is 0 Å². The lowest BCUT2D eigenvalue weighted by molar-refractivity contribution is -0.139. The Morgan fingerprint density at radius 3 is 2.93 bits per heavy atom. The molecule has 2 heterocycles. The number of hydrogen-bond donors (Lipinski definition) is 2. The van der Waals surface area contributed by atoms with Gasteiger partial charge >= 0.3 is 5.97 Å². The Labute approximate surface area is 89.4 Å². The van der Waals surface area contributed by atoms with Gasteiger partial charge in [0.1, 0.15) is 18.1 Å². The maximum absolute atomic E-state index is 10.7. The number of halogens is 1. The van der Waals surface area contributed by atoms with Crippen LogP contribution < -0.4 is 5.32 Å². The van der Waals surface area contributed by atoms with Crippen molar-refractivity contribution in [2.45, 2.75) is 24.9 Å². The summed E-state index contributed by atoms with van der Waals surface area (Å²) in [6, 6.07) is 1.45. The first kappa shape index (κ1) is 9.73. The maximum atomic E-state index is 10.7. The molecule has 0 aromatic carbocycles. The topological polar surface area (TPSA) is 62.5 Å². The molecule has 2 rings (SSSR count). The SMILES string of the molecule is O=C(O)[C@@H]1CC[C@H](c2cc(Br)co2)N1. The molecule has 14 heavy (non-hydrogen) atoms. The van der Waals surface area contributed by atoms with Crippen molar-refractivity contribution in [3.8, 4) is 0 Å². The van der Waals surface area contributed by atoms with Gasteiger partial charge in [0, 0.05) is 0 Å². The molecular formula is C9H10BrNO3. The lowest BCUT2D eigenvalue weighted by Crippen LogP contribution is -2.31. The fourth-order valence-corrected chi connectivity index (χ4v) is 1.99. The highest BCUT2D eigenvalue weighted by atomic mass is 79.9. The Hall–Kier alpha value is -0.810. The van der Waals surface area contributed by atoms with Gasteiger partial charge in [-0.25, -0.2) is 0 Å². The second-order valence-electron chi connectivity index (χ2n) is 3.35. The van der Waals surface area contributed by atoms with Gasteiger partial charge < -0.3 is 9.52 Å². The molecule has 0 saturated carbocycles. The average molecular weight is 260 g/mol. The molecular weight excluding hydrogens is 250 g/mol. The Balaban J connectivity index is 2.05. The van der Waals surface area contributed by atoms with Crippen LogP contribution in [-0.4, -0.2) is 17.1 Å². The number of hydrogen-bond acceptors (Lipinski definition) is 3. The first-order valence-electron chi connectivity index (χ1n) is 4.39. The van der Waals surface area contributed by atoms with Crippen molar-refractivity contribution in [3.05, 3.63) is 22.6 Å². The number of furan rings is 1. The van der Waals surface area contributed by atoms with E-state index in [1.165, 1.54) is 0 Å². The monoisotopic (exact) mass is 259 g/mol. The molecule has 0 radical (unpaired) electrons. The van der Waals surface area contributed by atoms with Crippen molar-refractivity contribution in [1.82, 2.24) is 5.32 Å². The van der Waals surface area contributed by atoms with Crippen LogP contribution in [0.3, 0.4) is 0 Å². The highest BCUT2D eigenvalue weighted by molar-refractivity contribution is 9.10. The maximum Gasteiger partial charge on any atom is 0.320 e. The molecule has 4 nitrogen and oxygen atoms in total. The summed E-state index contributed by atoms with van der Waals surface area (Å²) in [6.07, 6.45) is 3.06. The molecule has 1 fully saturated rings. The van der Waals surface area contributed by atoms with Crippen molar-refractivity contribution >= 4 is 21.9 Å². The standard InChI is InChI=1S/C9H10BrNO3/c10-5-3-8(14-4-5)6-1-2-7(11-6)9(12)13/h3-4,6-7,11H,1-2H2,(H,12,13)/t6-,7+/m1/s1. The van der Waals surface area contributed by atoms with Crippen LogP contribution in [-0.2, 0) is 4.79 Å². The predicted octanol–water partition coefficient (Wildman–Crippen LogP) is 1.92. The van der Waals surface area contributed by atoms with Crippen LogP contribution in [0.1, 0.15) is 24.6 Å². The van der Waals surface area contributed by atoms with Gasteiger partial charge in [-0.2, -0.15) is 0 Å². The smallest absolute Gasteiger partial charge is 0.320 e. The Bertz CT molecular complexity index is 350. The molecule has 2 atom stereocenters. The first-order chi connectivity index (χ1) is 6.66. The molecule has 0 aliphatic carbocycles. The quantitative estimate of drug-likeness (QED) is 0.852. The van der Waals surface area contributed by atoms with Crippen LogP contribution in [0.15, 0.2) is 21.2 Å². The summed E-state index contributed by atoms with van der Waals surface area (Å²) < 4.78 is 6.16. The average Bonchev–Trinajstić information content (AvgIpc) is 2.70. The Morgan fingerprint density at radius 1 is 1.64 bits per heavy atom. The van der Waals surface area contributed by atoms with Crippen molar-refractivity contribution in [3.63, 3.8) is 0 Å². The van der Waals surface area contributed by atoms with Gasteiger partial charge in [0.15, 0.2) is 0 Å². The fraction of sp³-hybridized carbons (Fsp3) is 0.444. The van der Waals surface area contributed by atoms with Crippen LogP contribution >= 0.6 is 15.9 Å². The summed E-state index contributed by atoms with van der Waals surface area (Å²) in [7, 11) is 0. The minimum absolute atomic E-state index is 0.0300. The lowest BCUT2D eigenvalue weighted by atomic mass is 10.1. The van der Waals surface area contributed by atoms with Crippen LogP contribution in [0.2, 0.25) is 0 Å². The predicted molar refractivity (Wildman–Crippen MR) is 52.9 cm³/mol. The van der Waals surface area contributed by atoms with E-state index in [4.69, 9.17) is 9.52 Å². The van der Waals surface area contributed by atoms with Crippen molar-refractivity contribution in [1.29, 1.82) is 0 Å². The molecule has 1 aliphatic rings. The Morgan fingerprint density at radius 2 is 2.43 bits per heavy atom. The van der Waals surface area contributed by atoms with Gasteiger partial charge in [0.2, 0.25) is 0 Å². The Kier molecular flexibility index (Phi) is 2.60. The van der Waals surface area contributed by atoms with E-state index in [0.29, 0.717) is 6.42 Å². The number of rotatable bonds is 2. The van der Waals surface area contributed by atoms with Crippen molar-refractivity contribution in [2.75, 3.05) is 0 Å². The van der Waals surface area contributed by atoms with Gasteiger partial charge in [0.25, 0.3) is 0 Å². The summed E-state index contributed by atoms with van der Waals surface area (Å²) in [6.45, 7) is 0. The van der Waals surface area contributed by atoms with Crippen LogP contribution in [0, 0.1) is 0 Å². The normalized spacial score (nSPS) is 26.6. The van der Waals surface area contributed by atoms with E-state index in [0.717, 1.165) is 16.7 Å². The van der Waals surface area contributed by atoms with E-state index < -0.39 is 12.0 Å². The zero-order chi connectivity index (χ0) is 10.1. The summed E-state index contributed by atoms with van der Waals surface area (Å²) in [5, 5.41) is 11.8. The third-order valence-electron chi connectivity index (χ3n) is 2.38. The minimum atomic E-state index is -0.793. The lowest BCUT2D eigenvalue weighted by Gasteiger charge is -2.08. The number of carboxylic acids is 1. The molecule has 1 saturated heterocycles. The molecule has 0 bridgehead atoms. The summed E-state index contributed by atoms with van der Waals surface area (Å²) in [4.78, 5) is 10.7. The first-order valence-corrected chi connectivity index (χ1v) is 5.19. The van der Waals surface area contributed by atoms with E-state index in [-0.39, 0.29) is 6.04 Å². The summed E-state index contributed by atoms with van der Waals surface area (Å²) in [5.74, 6) is -0.00116. The third kappa shape index (κ3) is 1.83. The zero-order valence-corrected chi connectivity index (χ0v) is 8.95. The van der Waals surface area contributed by atoms with E-state index >= 15 is 0 Å². The second kappa shape index (κ2) is 3.74. The van der Waals surface area contributed by atoms with E-state index in [9.17, 15) is 4.79 Å². The molecule has 5 heteroatoms. The second-order valence-corrected chi connectivity index (χ2v) is 4.27. The molecule has 1 aliphatic heterocycles. The molecule has 76 valence electrons. The highest BCUT2D eigenvalue weighted by Crippen LogP contribution is 2.29.